The number of hydrogen-bond acceptors (Lipinski definition) is 3. The Morgan fingerprint density at radius 3 is 2.80 bits per heavy atom. The quantitative estimate of drug-likeness (QED) is 0.930. The van der Waals surface area contributed by atoms with Crippen LogP contribution in [0.15, 0.2) is 33.5 Å². The fraction of sp³-hybridized carbons (Fsp3) is 0.273. The molecule has 0 saturated carbocycles. The molecule has 1 atom stereocenters. The molecule has 80 valence electrons. The Hall–Kier alpha value is -0.580. The van der Waals surface area contributed by atoms with Crippen LogP contribution in [0.5, 0.6) is 0 Å². The monoisotopic (exact) mass is 285 g/mol. The summed E-state index contributed by atoms with van der Waals surface area (Å²) in [6, 6.07) is 4.37. The third-order valence-corrected chi connectivity index (χ3v) is 4.53. The Balaban J connectivity index is 2.35. The molecule has 0 aliphatic carbocycles. The molecule has 1 unspecified atom stereocenters. The number of hydrogen-bond donors (Lipinski definition) is 1. The van der Waals surface area contributed by atoms with Crippen molar-refractivity contribution < 1.29 is 4.42 Å². The lowest BCUT2D eigenvalue weighted by atomic mass is 10.1. The second-order valence-corrected chi connectivity index (χ2v) is 5.47. The van der Waals surface area contributed by atoms with E-state index in [1.54, 1.807) is 23.9 Å². The van der Waals surface area contributed by atoms with Crippen LogP contribution >= 0.6 is 27.3 Å². The van der Waals surface area contributed by atoms with Gasteiger partial charge in [0.25, 0.3) is 0 Å². The first kappa shape index (κ1) is 10.9. The van der Waals surface area contributed by atoms with Crippen molar-refractivity contribution in [1.82, 2.24) is 5.32 Å². The molecule has 0 fully saturated rings. The van der Waals surface area contributed by atoms with Crippen molar-refractivity contribution in [1.29, 1.82) is 0 Å². The Kier molecular flexibility index (Phi) is 3.29. The Bertz CT molecular complexity index is 416. The van der Waals surface area contributed by atoms with E-state index >= 15 is 0 Å². The van der Waals surface area contributed by atoms with Gasteiger partial charge >= 0.3 is 0 Å². The normalized spacial score (nSPS) is 13.0. The summed E-state index contributed by atoms with van der Waals surface area (Å²) in [5, 5.41) is 3.29. The molecule has 0 saturated heterocycles. The Labute approximate surface area is 101 Å². The average Bonchev–Trinajstić information content (AvgIpc) is 2.80. The van der Waals surface area contributed by atoms with E-state index in [2.05, 4.69) is 34.2 Å². The highest BCUT2D eigenvalue weighted by atomic mass is 79.9. The van der Waals surface area contributed by atoms with Gasteiger partial charge in [-0.15, -0.1) is 11.3 Å². The standard InChI is InChI=1S/C11H12BrNOS/c1-7-9(12)5-10(15-7)11(13-2)8-3-4-14-6-8/h3-6,11,13H,1-2H3. The van der Waals surface area contributed by atoms with Gasteiger partial charge in [-0.05, 0) is 42.0 Å². The van der Waals surface area contributed by atoms with E-state index in [1.165, 1.54) is 14.2 Å². The summed E-state index contributed by atoms with van der Waals surface area (Å²) in [5.41, 5.74) is 1.16. The first-order chi connectivity index (χ1) is 7.22. The molecule has 0 amide bonds. The number of furan rings is 1. The maximum atomic E-state index is 5.11. The van der Waals surface area contributed by atoms with Crippen LogP contribution in [0.2, 0.25) is 0 Å². The van der Waals surface area contributed by atoms with Crippen LogP contribution < -0.4 is 5.32 Å². The van der Waals surface area contributed by atoms with Crippen LogP contribution in [0.3, 0.4) is 0 Å². The molecule has 0 spiro atoms. The number of nitrogens with one attached hydrogen (secondary N) is 1. The third-order valence-electron chi connectivity index (χ3n) is 2.33. The second kappa shape index (κ2) is 4.51. The summed E-state index contributed by atoms with van der Waals surface area (Å²) in [7, 11) is 1.96. The topological polar surface area (TPSA) is 25.2 Å². The molecule has 2 aromatic heterocycles. The highest BCUT2D eigenvalue weighted by Gasteiger charge is 2.16. The van der Waals surface area contributed by atoms with Crippen LogP contribution in [-0.4, -0.2) is 7.05 Å². The van der Waals surface area contributed by atoms with Gasteiger partial charge < -0.3 is 9.73 Å². The van der Waals surface area contributed by atoms with Crippen LogP contribution in [0.25, 0.3) is 0 Å². The van der Waals surface area contributed by atoms with Crippen molar-refractivity contribution in [2.24, 2.45) is 0 Å². The van der Waals surface area contributed by atoms with Gasteiger partial charge in [-0.1, -0.05) is 0 Å². The SMILES string of the molecule is CNC(c1ccoc1)c1cc(Br)c(C)s1. The number of rotatable bonds is 3. The predicted octanol–water partition coefficient (Wildman–Crippen LogP) is 3.72. The molecule has 4 heteroatoms. The largest absolute Gasteiger partial charge is 0.472 e. The zero-order valence-electron chi connectivity index (χ0n) is 8.58. The van der Waals surface area contributed by atoms with Crippen molar-refractivity contribution in [2.45, 2.75) is 13.0 Å². The molecule has 0 bridgehead atoms. The van der Waals surface area contributed by atoms with E-state index in [0.717, 1.165) is 5.56 Å². The minimum Gasteiger partial charge on any atom is -0.472 e. The van der Waals surface area contributed by atoms with Gasteiger partial charge in [0.2, 0.25) is 0 Å². The van der Waals surface area contributed by atoms with Crippen molar-refractivity contribution >= 4 is 27.3 Å². The molecule has 2 nitrogen and oxygen atoms in total. The molecular formula is C11H12BrNOS. The maximum Gasteiger partial charge on any atom is 0.0954 e. The molecule has 2 rings (SSSR count). The molecule has 0 aliphatic rings. The summed E-state index contributed by atoms with van der Waals surface area (Å²) in [6.07, 6.45) is 3.49. The fourth-order valence-electron chi connectivity index (χ4n) is 1.54. The van der Waals surface area contributed by atoms with Crippen LogP contribution in [0.1, 0.15) is 21.4 Å². The highest BCUT2D eigenvalue weighted by Crippen LogP contribution is 2.33. The van der Waals surface area contributed by atoms with E-state index in [-0.39, 0.29) is 6.04 Å². The van der Waals surface area contributed by atoms with Crippen molar-refractivity contribution in [3.05, 3.63) is 44.4 Å². The smallest absolute Gasteiger partial charge is 0.0954 e. The minimum absolute atomic E-state index is 0.221. The summed E-state index contributed by atoms with van der Waals surface area (Å²) >= 11 is 5.33. The van der Waals surface area contributed by atoms with E-state index in [9.17, 15) is 0 Å². The Morgan fingerprint density at radius 2 is 2.33 bits per heavy atom. The maximum absolute atomic E-state index is 5.11. The number of aryl methyl sites for hydroxylation is 1. The van der Waals surface area contributed by atoms with Crippen molar-refractivity contribution in [3.63, 3.8) is 0 Å². The van der Waals surface area contributed by atoms with Gasteiger partial charge in [-0.2, -0.15) is 0 Å². The van der Waals surface area contributed by atoms with Gasteiger partial charge in [0.15, 0.2) is 0 Å². The van der Waals surface area contributed by atoms with E-state index in [0.29, 0.717) is 0 Å². The van der Waals surface area contributed by atoms with Gasteiger partial charge in [-0.3, -0.25) is 0 Å². The summed E-state index contributed by atoms with van der Waals surface area (Å²) < 4.78 is 6.28. The Morgan fingerprint density at radius 1 is 1.53 bits per heavy atom. The van der Waals surface area contributed by atoms with Crippen molar-refractivity contribution in [3.8, 4) is 0 Å². The minimum atomic E-state index is 0.221. The summed E-state index contributed by atoms with van der Waals surface area (Å²) in [6.45, 7) is 2.11. The first-order valence-electron chi connectivity index (χ1n) is 4.67. The molecule has 1 N–H and O–H groups in total. The van der Waals surface area contributed by atoms with Crippen LogP contribution in [-0.2, 0) is 0 Å². The molecule has 0 aliphatic heterocycles. The van der Waals surface area contributed by atoms with Gasteiger partial charge in [0.1, 0.15) is 0 Å². The zero-order valence-corrected chi connectivity index (χ0v) is 11.0. The molecule has 0 radical (unpaired) electrons. The lowest BCUT2D eigenvalue weighted by Crippen LogP contribution is -2.15. The average molecular weight is 286 g/mol. The van der Waals surface area contributed by atoms with Crippen LogP contribution in [0, 0.1) is 6.92 Å². The van der Waals surface area contributed by atoms with E-state index in [1.807, 2.05) is 13.1 Å². The lowest BCUT2D eigenvalue weighted by molar-refractivity contribution is 0.558. The third kappa shape index (κ3) is 2.17. The van der Waals surface area contributed by atoms with Crippen molar-refractivity contribution in [2.75, 3.05) is 7.05 Å². The number of thiophene rings is 1. The lowest BCUT2D eigenvalue weighted by Gasteiger charge is -2.11. The van der Waals surface area contributed by atoms with Gasteiger partial charge in [0.05, 0.1) is 18.6 Å². The predicted molar refractivity (Wildman–Crippen MR) is 66.4 cm³/mol. The fourth-order valence-corrected chi connectivity index (χ4v) is 3.24. The van der Waals surface area contributed by atoms with E-state index < -0.39 is 0 Å². The summed E-state index contributed by atoms with van der Waals surface area (Å²) in [4.78, 5) is 2.59. The second-order valence-electron chi connectivity index (χ2n) is 3.33. The van der Waals surface area contributed by atoms with Gasteiger partial charge in [-0.25, -0.2) is 0 Å². The molecular weight excluding hydrogens is 274 g/mol. The molecule has 15 heavy (non-hydrogen) atoms. The first-order valence-corrected chi connectivity index (χ1v) is 6.28. The van der Waals surface area contributed by atoms with E-state index in [4.69, 9.17) is 4.42 Å². The zero-order chi connectivity index (χ0) is 10.8. The summed E-state index contributed by atoms with van der Waals surface area (Å²) in [5.74, 6) is 0. The molecule has 0 aromatic carbocycles. The van der Waals surface area contributed by atoms with Gasteiger partial charge in [0, 0.05) is 19.8 Å². The number of halogens is 1. The highest BCUT2D eigenvalue weighted by molar-refractivity contribution is 9.10. The molecule has 2 heterocycles. The van der Waals surface area contributed by atoms with Crippen LogP contribution in [0.4, 0.5) is 0 Å². The molecule has 2 aromatic rings.